The van der Waals surface area contributed by atoms with Gasteiger partial charge in [0.1, 0.15) is 6.04 Å². The van der Waals surface area contributed by atoms with Crippen LogP contribution in [0.25, 0.3) is 0 Å². The van der Waals surface area contributed by atoms with Crippen molar-refractivity contribution in [2.75, 3.05) is 19.1 Å². The van der Waals surface area contributed by atoms with Gasteiger partial charge in [-0.25, -0.2) is 9.59 Å². The number of nitrogens with one attached hydrogen (secondary N) is 2. The Morgan fingerprint density at radius 3 is 2.61 bits per heavy atom. The molecular formula is C12H22N2O3S. The molecule has 104 valence electrons. The molecule has 0 aromatic rings. The molecule has 0 aliphatic heterocycles. The van der Waals surface area contributed by atoms with Crippen molar-refractivity contribution in [3.05, 3.63) is 0 Å². The molecule has 18 heavy (non-hydrogen) atoms. The summed E-state index contributed by atoms with van der Waals surface area (Å²) in [5, 5.41) is 5.59. The molecular weight excluding hydrogens is 252 g/mol. The molecule has 1 saturated carbocycles. The van der Waals surface area contributed by atoms with Gasteiger partial charge in [0.2, 0.25) is 0 Å². The van der Waals surface area contributed by atoms with Crippen LogP contribution >= 0.6 is 11.8 Å². The van der Waals surface area contributed by atoms with Crippen molar-refractivity contribution in [3.63, 3.8) is 0 Å². The first-order chi connectivity index (χ1) is 8.67. The standard InChI is InChI=1S/C12H22N2O3S/c1-17-11(15)10(7-8-18-2)14-12(16)13-9-5-3-4-6-9/h9-10H,3-8H2,1-2H3,(H2,13,14,16)/t10-/m0/s1. The van der Waals surface area contributed by atoms with Crippen LogP contribution in [0.1, 0.15) is 32.1 Å². The number of esters is 1. The molecule has 0 heterocycles. The van der Waals surface area contributed by atoms with Gasteiger partial charge in [-0.15, -0.1) is 0 Å². The summed E-state index contributed by atoms with van der Waals surface area (Å²) in [6.45, 7) is 0. The molecule has 1 atom stereocenters. The second-order valence-corrected chi connectivity index (χ2v) is 5.44. The second kappa shape index (κ2) is 8.24. The normalized spacial score (nSPS) is 17.2. The topological polar surface area (TPSA) is 67.4 Å². The van der Waals surface area contributed by atoms with Crippen molar-refractivity contribution in [1.29, 1.82) is 0 Å². The first-order valence-corrected chi connectivity index (χ1v) is 7.70. The molecule has 1 fully saturated rings. The molecule has 0 spiro atoms. The van der Waals surface area contributed by atoms with Gasteiger partial charge in [0, 0.05) is 6.04 Å². The van der Waals surface area contributed by atoms with Crippen molar-refractivity contribution < 1.29 is 14.3 Å². The van der Waals surface area contributed by atoms with Gasteiger partial charge >= 0.3 is 12.0 Å². The lowest BCUT2D eigenvalue weighted by molar-refractivity contribution is -0.142. The quantitative estimate of drug-likeness (QED) is 0.721. The predicted octanol–water partition coefficient (Wildman–Crippen LogP) is 1.52. The molecule has 0 bridgehead atoms. The van der Waals surface area contributed by atoms with Crippen LogP contribution in [0.3, 0.4) is 0 Å². The highest BCUT2D eigenvalue weighted by Gasteiger charge is 2.23. The van der Waals surface area contributed by atoms with Gasteiger partial charge in [-0.3, -0.25) is 0 Å². The van der Waals surface area contributed by atoms with Crippen LogP contribution in [-0.4, -0.2) is 43.2 Å². The van der Waals surface area contributed by atoms with Gasteiger partial charge in [0.25, 0.3) is 0 Å². The van der Waals surface area contributed by atoms with Crippen LogP contribution in [-0.2, 0) is 9.53 Å². The van der Waals surface area contributed by atoms with Gasteiger partial charge < -0.3 is 15.4 Å². The van der Waals surface area contributed by atoms with Crippen molar-refractivity contribution in [2.45, 2.75) is 44.2 Å². The van der Waals surface area contributed by atoms with Gasteiger partial charge in [-0.1, -0.05) is 12.8 Å². The number of thioether (sulfide) groups is 1. The van der Waals surface area contributed by atoms with E-state index in [1.807, 2.05) is 6.26 Å². The molecule has 1 aliphatic carbocycles. The lowest BCUT2D eigenvalue weighted by Crippen LogP contribution is -2.49. The van der Waals surface area contributed by atoms with E-state index in [0.29, 0.717) is 6.42 Å². The van der Waals surface area contributed by atoms with E-state index in [2.05, 4.69) is 15.4 Å². The molecule has 1 rings (SSSR count). The Bertz CT molecular complexity index is 280. The van der Waals surface area contributed by atoms with Gasteiger partial charge in [0.05, 0.1) is 7.11 Å². The van der Waals surface area contributed by atoms with Gasteiger partial charge in [0.15, 0.2) is 0 Å². The number of carbonyl (C=O) groups excluding carboxylic acids is 2. The SMILES string of the molecule is COC(=O)[C@H](CCSC)NC(=O)NC1CCCC1. The van der Waals surface area contributed by atoms with Crippen molar-refractivity contribution in [3.8, 4) is 0 Å². The van der Waals surface area contributed by atoms with E-state index in [9.17, 15) is 9.59 Å². The zero-order chi connectivity index (χ0) is 13.4. The molecule has 0 unspecified atom stereocenters. The maximum atomic E-state index is 11.8. The summed E-state index contributed by atoms with van der Waals surface area (Å²) in [7, 11) is 1.34. The van der Waals surface area contributed by atoms with Crippen molar-refractivity contribution >= 4 is 23.8 Å². The highest BCUT2D eigenvalue weighted by molar-refractivity contribution is 7.98. The molecule has 0 radical (unpaired) electrons. The monoisotopic (exact) mass is 274 g/mol. The van der Waals surface area contributed by atoms with E-state index in [1.165, 1.54) is 7.11 Å². The summed E-state index contributed by atoms with van der Waals surface area (Å²) >= 11 is 1.64. The van der Waals surface area contributed by atoms with Crippen LogP contribution in [0, 0.1) is 0 Å². The Labute approximate surface area is 112 Å². The summed E-state index contributed by atoms with van der Waals surface area (Å²) in [6, 6.07) is -0.564. The Kier molecular flexibility index (Phi) is 6.93. The summed E-state index contributed by atoms with van der Waals surface area (Å²) in [5.74, 6) is 0.425. The molecule has 0 aromatic carbocycles. The number of rotatable bonds is 6. The fraction of sp³-hybridized carbons (Fsp3) is 0.833. The van der Waals surface area contributed by atoms with E-state index < -0.39 is 6.04 Å². The summed E-state index contributed by atoms with van der Waals surface area (Å²) in [4.78, 5) is 23.3. The number of carbonyl (C=O) groups is 2. The molecule has 2 N–H and O–H groups in total. The minimum atomic E-state index is -0.552. The summed E-state index contributed by atoms with van der Waals surface area (Å²) < 4.78 is 4.69. The second-order valence-electron chi connectivity index (χ2n) is 4.46. The van der Waals surface area contributed by atoms with Crippen LogP contribution < -0.4 is 10.6 Å². The third-order valence-electron chi connectivity index (χ3n) is 3.09. The Morgan fingerprint density at radius 1 is 1.39 bits per heavy atom. The fourth-order valence-corrected chi connectivity index (χ4v) is 2.55. The maximum absolute atomic E-state index is 11.8. The summed E-state index contributed by atoms with van der Waals surface area (Å²) in [5.41, 5.74) is 0. The van der Waals surface area contributed by atoms with E-state index in [0.717, 1.165) is 31.4 Å². The number of hydrogen-bond acceptors (Lipinski definition) is 4. The van der Waals surface area contributed by atoms with Crippen molar-refractivity contribution in [1.82, 2.24) is 10.6 Å². The smallest absolute Gasteiger partial charge is 0.328 e. The molecule has 0 aromatic heterocycles. The predicted molar refractivity (Wildman–Crippen MR) is 72.7 cm³/mol. The van der Waals surface area contributed by atoms with E-state index >= 15 is 0 Å². The lowest BCUT2D eigenvalue weighted by atomic mass is 10.2. The van der Waals surface area contributed by atoms with Crippen LogP contribution in [0.4, 0.5) is 4.79 Å². The zero-order valence-corrected chi connectivity index (χ0v) is 11.8. The average molecular weight is 274 g/mol. The maximum Gasteiger partial charge on any atom is 0.328 e. The number of hydrogen-bond donors (Lipinski definition) is 2. The highest BCUT2D eigenvalue weighted by Crippen LogP contribution is 2.17. The number of amides is 2. The van der Waals surface area contributed by atoms with E-state index in [-0.39, 0.29) is 18.0 Å². The molecule has 2 amide bonds. The minimum Gasteiger partial charge on any atom is -0.467 e. The van der Waals surface area contributed by atoms with Gasteiger partial charge in [-0.05, 0) is 31.3 Å². The molecule has 1 aliphatic rings. The zero-order valence-electron chi connectivity index (χ0n) is 11.0. The first kappa shape index (κ1) is 15.1. The Hall–Kier alpha value is -0.910. The average Bonchev–Trinajstić information content (AvgIpc) is 2.86. The summed E-state index contributed by atoms with van der Waals surface area (Å²) in [6.07, 6.45) is 6.94. The molecule has 5 nitrogen and oxygen atoms in total. The Balaban J connectivity index is 2.37. The third kappa shape index (κ3) is 5.16. The number of ether oxygens (including phenoxy) is 1. The third-order valence-corrected chi connectivity index (χ3v) is 3.74. The van der Waals surface area contributed by atoms with Crippen LogP contribution in [0.15, 0.2) is 0 Å². The highest BCUT2D eigenvalue weighted by atomic mass is 32.2. The van der Waals surface area contributed by atoms with Crippen LogP contribution in [0.5, 0.6) is 0 Å². The number of urea groups is 1. The minimum absolute atomic E-state index is 0.254. The molecule has 6 heteroatoms. The van der Waals surface area contributed by atoms with Gasteiger partial charge in [-0.2, -0.15) is 11.8 Å². The Morgan fingerprint density at radius 2 is 2.06 bits per heavy atom. The number of methoxy groups -OCH3 is 1. The van der Waals surface area contributed by atoms with E-state index in [4.69, 9.17) is 0 Å². The first-order valence-electron chi connectivity index (χ1n) is 6.31. The van der Waals surface area contributed by atoms with Crippen LogP contribution in [0.2, 0.25) is 0 Å². The molecule has 0 saturated heterocycles. The van der Waals surface area contributed by atoms with Crippen molar-refractivity contribution in [2.24, 2.45) is 0 Å². The largest absolute Gasteiger partial charge is 0.467 e. The van der Waals surface area contributed by atoms with E-state index in [1.54, 1.807) is 11.8 Å². The lowest BCUT2D eigenvalue weighted by Gasteiger charge is -2.18. The fourth-order valence-electron chi connectivity index (χ4n) is 2.08.